The van der Waals surface area contributed by atoms with Crippen LogP contribution in [0.1, 0.15) is 106 Å². The van der Waals surface area contributed by atoms with Crippen molar-refractivity contribution in [1.82, 2.24) is 59.8 Å². The van der Waals surface area contributed by atoms with Crippen molar-refractivity contribution in [3.05, 3.63) is 201 Å². The summed E-state index contributed by atoms with van der Waals surface area (Å²) >= 11 is 68.3. The number of anilines is 6. The quantitative estimate of drug-likeness (QED) is 0.0740. The number of halogens is 12. The fraction of sp³-hybridized carbons (Fsp3) is 0.277. The number of aromatic nitrogens is 12. The molecule has 12 aromatic rings. The predicted molar refractivity (Wildman–Crippen MR) is 475 cm³/mol. The van der Waals surface area contributed by atoms with Gasteiger partial charge >= 0.3 is 0 Å². The molecule has 6 aromatic carbocycles. The first kappa shape index (κ1) is 88.8. The topological polar surface area (TPSA) is 366 Å². The fourth-order valence-electron chi connectivity index (χ4n) is 14.1. The second kappa shape index (κ2) is 38.1. The van der Waals surface area contributed by atoms with E-state index in [0.29, 0.717) is 121 Å². The molecular weight excluding hydrogens is 1750 g/mol. The number of aryl methyl sites for hydroxylation is 5. The molecule has 2 aliphatic carbocycles. The minimum absolute atomic E-state index is 0.133. The predicted octanol–water partition coefficient (Wildman–Crippen LogP) is 21.2. The Labute approximate surface area is 740 Å². The molecule has 0 radical (unpaired) electrons. The summed E-state index contributed by atoms with van der Waals surface area (Å²) in [5.41, 5.74) is 55.8. The van der Waals surface area contributed by atoms with Crippen LogP contribution in [0.15, 0.2) is 66.7 Å². The highest BCUT2D eigenvalue weighted by Gasteiger charge is 2.31. The van der Waals surface area contributed by atoms with Crippen molar-refractivity contribution in [2.24, 2.45) is 0 Å². The molecule has 0 atom stereocenters. The zero-order chi connectivity index (χ0) is 85.9. The van der Waals surface area contributed by atoms with Gasteiger partial charge in [0.15, 0.2) is 11.6 Å². The van der Waals surface area contributed by atoms with E-state index in [9.17, 15) is 4.39 Å². The Balaban J connectivity index is 0.000000131. The van der Waals surface area contributed by atoms with Crippen LogP contribution in [0.3, 0.4) is 0 Å². The first-order valence-electron chi connectivity index (χ1n) is 37.0. The third-order valence-electron chi connectivity index (χ3n) is 19.8. The van der Waals surface area contributed by atoms with Gasteiger partial charge in [0.25, 0.3) is 0 Å². The summed E-state index contributed by atoms with van der Waals surface area (Å²) in [5, 5.41) is 5.48. The first-order valence-corrected chi connectivity index (χ1v) is 41.1. The first-order chi connectivity index (χ1) is 56.6. The zero-order valence-electron chi connectivity index (χ0n) is 65.7. The molecule has 3 aliphatic heterocycles. The van der Waals surface area contributed by atoms with E-state index in [-0.39, 0.29) is 52.4 Å². The third kappa shape index (κ3) is 19.6. The number of fused-ring (bicyclic) bond motifs is 5. The van der Waals surface area contributed by atoms with Gasteiger partial charge in [0.2, 0.25) is 35.7 Å². The number of hydrogen-bond donors (Lipinski definition) is 6. The molecule has 0 bridgehead atoms. The molecule has 119 heavy (non-hydrogen) atoms. The van der Waals surface area contributed by atoms with Crippen LogP contribution in [-0.2, 0) is 44.9 Å². The van der Waals surface area contributed by atoms with Crippen LogP contribution in [0.4, 0.5) is 40.1 Å². The molecule has 620 valence electrons. The zero-order valence-corrected chi connectivity index (χ0v) is 74.0. The standard InChI is InChI=1S/C15H15Cl2N3O.2C14H13Cl2N3O.C14H13ClFN3O.C13H11Cl2N3O.C13H13Cl2N3O/c1-7(2)11-6-12(20-15(18)19-11)13-8-3-4-21-14(8)10(17)5-9(13)16;1-6-7(2)18-14(17)19-12(6)11-8-3-4-20-13(8)10(16)5-9(11)15;2*1-20-12-5-8(9(15)6-10(12)16)13-7-3-2-4-11(7)18-14(17)19-13;1-6-4-10(18-13(16)17-6)11-7-2-3-19-12(7)9(15)5-8(11)14;1-6-7(2)17-13(16)18-12(6)8-4-11(19-3)10(15)5-9(8)14/h5-7H,3-4H2,1-2H3,(H2,18,19,20);5H,3-4H2,1-2H3,(H2,17,18,19);2*5-6H,2-4H2,1H3,(H2,17,18,19);4-5H,2-3H2,1H3,(H2,16,17,18);4-5H,1-3H3,(H2,16,17,18). The largest absolute Gasteiger partial charge is 0.495 e. The number of hydrogen-bond acceptors (Lipinski definition) is 24. The Morgan fingerprint density at radius 1 is 0.336 bits per heavy atom. The molecule has 17 rings (SSSR count). The maximum absolute atomic E-state index is 13.6. The molecule has 0 saturated heterocycles. The van der Waals surface area contributed by atoms with E-state index in [2.05, 4.69) is 73.7 Å². The Morgan fingerprint density at radius 2 is 0.689 bits per heavy atom. The maximum atomic E-state index is 13.6. The Hall–Kier alpha value is -9.48. The minimum atomic E-state index is -0.500. The van der Waals surface area contributed by atoms with Crippen LogP contribution in [0.5, 0.6) is 34.5 Å². The van der Waals surface area contributed by atoms with E-state index in [1.165, 1.54) is 13.2 Å². The molecule has 5 aliphatic rings. The molecule has 0 amide bonds. The van der Waals surface area contributed by atoms with Gasteiger partial charge in [-0.3, -0.25) is 0 Å². The number of benzene rings is 6. The van der Waals surface area contributed by atoms with Gasteiger partial charge in [-0.2, -0.15) is 0 Å². The smallest absolute Gasteiger partial charge is 0.220 e. The number of nitrogen functional groups attached to an aromatic ring is 6. The highest BCUT2D eigenvalue weighted by atomic mass is 35.5. The summed E-state index contributed by atoms with van der Waals surface area (Å²) in [6, 6.07) is 18.5. The maximum Gasteiger partial charge on any atom is 0.220 e. The van der Waals surface area contributed by atoms with Gasteiger partial charge in [0.05, 0.1) is 131 Å². The fourth-order valence-corrected chi connectivity index (χ4v) is 17.4. The molecule has 0 spiro atoms. The highest BCUT2D eigenvalue weighted by Crippen LogP contribution is 2.49. The summed E-state index contributed by atoms with van der Waals surface area (Å²) in [4.78, 5) is 51.0. The molecular formula is C83H78Cl11FN18O6. The third-order valence-corrected chi connectivity index (χ3v) is 23.1. The Bertz CT molecular complexity index is 5840. The van der Waals surface area contributed by atoms with Crippen LogP contribution in [0.2, 0.25) is 55.2 Å². The van der Waals surface area contributed by atoms with Crippen LogP contribution >= 0.6 is 128 Å². The van der Waals surface area contributed by atoms with E-state index in [1.807, 2.05) is 46.8 Å². The lowest BCUT2D eigenvalue weighted by Gasteiger charge is -2.14. The number of ether oxygens (including phenoxy) is 6. The lowest BCUT2D eigenvalue weighted by atomic mass is 9.98. The molecule has 9 heterocycles. The minimum Gasteiger partial charge on any atom is -0.495 e. The normalized spacial score (nSPS) is 12.9. The molecule has 12 N–H and O–H groups in total. The Morgan fingerprint density at radius 3 is 1.13 bits per heavy atom. The number of nitrogens with zero attached hydrogens (tertiary/aromatic N) is 12. The van der Waals surface area contributed by atoms with Crippen molar-refractivity contribution >= 4 is 163 Å². The van der Waals surface area contributed by atoms with Crippen molar-refractivity contribution in [1.29, 1.82) is 0 Å². The van der Waals surface area contributed by atoms with Crippen molar-refractivity contribution in [2.45, 2.75) is 112 Å². The monoisotopic (exact) mass is 1830 g/mol. The average molecular weight is 1830 g/mol. The van der Waals surface area contributed by atoms with Gasteiger partial charge in [-0.15, -0.1) is 0 Å². The number of methoxy groups -OCH3 is 3. The molecule has 36 heteroatoms. The summed E-state index contributed by atoms with van der Waals surface area (Å²) in [6.07, 6.45) is 7.96. The van der Waals surface area contributed by atoms with Crippen molar-refractivity contribution < 1.29 is 32.8 Å². The average Bonchev–Trinajstić information content (AvgIpc) is 1.70. The van der Waals surface area contributed by atoms with Gasteiger partial charge in [0.1, 0.15) is 28.7 Å². The van der Waals surface area contributed by atoms with Crippen LogP contribution in [0.25, 0.3) is 67.5 Å². The van der Waals surface area contributed by atoms with Gasteiger partial charge in [0, 0.05) is 115 Å². The SMILES string of the molecule is CC(C)c1cc(-c2c(Cl)cc(Cl)c3c2CCO3)nc(N)n1.COc1cc(-c2nc(N)nc(C)c2C)c(Cl)cc1Cl.COc1cc(-c2nc(N)nc3c2CCC3)c(Cl)cc1Cl.COc1cc(-c2nc(N)nc3c2CCC3)c(Cl)cc1F.Cc1cc(-c2c(Cl)cc(Cl)c3c2CCO3)nc(N)n1.Cc1nc(N)nc(-c2c(Cl)cc(Cl)c3c2CCO3)c1C. The second-order valence-corrected chi connectivity index (χ2v) is 32.4. The summed E-state index contributed by atoms with van der Waals surface area (Å²) < 4.78 is 45.8. The Kier molecular flexibility index (Phi) is 28.4. The van der Waals surface area contributed by atoms with Crippen molar-refractivity contribution in [3.8, 4) is 102 Å². The summed E-state index contributed by atoms with van der Waals surface area (Å²) in [6.45, 7) is 15.4. The van der Waals surface area contributed by atoms with Crippen LogP contribution in [0, 0.1) is 40.4 Å². The van der Waals surface area contributed by atoms with E-state index >= 15 is 0 Å². The van der Waals surface area contributed by atoms with E-state index < -0.39 is 5.82 Å². The lowest BCUT2D eigenvalue weighted by molar-refractivity contribution is 0.357. The van der Waals surface area contributed by atoms with Gasteiger partial charge in [-0.1, -0.05) is 141 Å². The second-order valence-electron chi connectivity index (χ2n) is 27.9. The van der Waals surface area contributed by atoms with E-state index in [1.54, 1.807) is 62.8 Å². The highest BCUT2D eigenvalue weighted by molar-refractivity contribution is 6.40. The number of rotatable bonds is 10. The lowest BCUT2D eigenvalue weighted by Crippen LogP contribution is -2.03. The van der Waals surface area contributed by atoms with Crippen LogP contribution in [-0.4, -0.2) is 101 Å². The van der Waals surface area contributed by atoms with Crippen molar-refractivity contribution in [2.75, 3.05) is 75.6 Å². The molecule has 6 aromatic heterocycles. The van der Waals surface area contributed by atoms with Gasteiger partial charge in [-0.05, 0) is 157 Å². The number of nitrogens with two attached hydrogens (primary N) is 6. The summed E-state index contributed by atoms with van der Waals surface area (Å²) in [5.74, 6) is 4.47. The molecule has 0 unspecified atom stereocenters. The van der Waals surface area contributed by atoms with E-state index in [0.717, 1.165) is 176 Å². The molecule has 24 nitrogen and oxygen atoms in total. The van der Waals surface area contributed by atoms with Crippen molar-refractivity contribution in [3.63, 3.8) is 0 Å². The van der Waals surface area contributed by atoms with Crippen LogP contribution < -0.4 is 62.8 Å². The van der Waals surface area contributed by atoms with E-state index in [4.69, 9.17) is 190 Å². The van der Waals surface area contributed by atoms with Gasteiger partial charge < -0.3 is 62.8 Å². The van der Waals surface area contributed by atoms with Gasteiger partial charge in [-0.25, -0.2) is 64.2 Å². The molecule has 0 fully saturated rings. The molecule has 0 saturated carbocycles. The summed E-state index contributed by atoms with van der Waals surface area (Å²) in [7, 11) is 4.53.